The Morgan fingerprint density at radius 1 is 1.19 bits per heavy atom. The summed E-state index contributed by atoms with van der Waals surface area (Å²) < 4.78 is 4.40. The summed E-state index contributed by atoms with van der Waals surface area (Å²) >= 11 is 0. The van der Waals surface area contributed by atoms with Crippen LogP contribution in [0.25, 0.3) is 0 Å². The van der Waals surface area contributed by atoms with Gasteiger partial charge in [-0.15, -0.1) is 6.42 Å². The van der Waals surface area contributed by atoms with Crippen molar-refractivity contribution in [1.82, 2.24) is 9.97 Å². The molecule has 0 atom stereocenters. The maximum atomic E-state index is 12.0. The predicted molar refractivity (Wildman–Crippen MR) is 73.0 cm³/mol. The molecule has 0 saturated carbocycles. The average Bonchev–Trinajstić information content (AvgIpc) is 2.48. The van der Waals surface area contributed by atoms with Gasteiger partial charge in [0.2, 0.25) is 0 Å². The summed E-state index contributed by atoms with van der Waals surface area (Å²) in [6.45, 7) is 0. The Morgan fingerprint density at radius 3 is 2.48 bits per heavy atom. The fourth-order valence-corrected chi connectivity index (χ4v) is 1.48. The smallest absolute Gasteiger partial charge is 0.449 e. The number of rotatable bonds is 3. The highest BCUT2D eigenvalue weighted by atomic mass is 16.7. The first kappa shape index (κ1) is 14.0. The maximum Gasteiger partial charge on any atom is 0.512 e. The molecule has 7 heteroatoms. The van der Waals surface area contributed by atoms with E-state index >= 15 is 0 Å². The van der Waals surface area contributed by atoms with E-state index in [1.807, 2.05) is 0 Å². The van der Waals surface area contributed by atoms with Crippen LogP contribution in [0.3, 0.4) is 0 Å². The molecule has 0 fully saturated rings. The first-order valence-corrected chi connectivity index (χ1v) is 5.70. The fourth-order valence-electron chi connectivity index (χ4n) is 1.48. The Bertz CT molecular complexity index is 720. The number of carbonyl (C=O) groups excluding carboxylic acids is 1. The number of nitrogens with one attached hydrogen (secondary N) is 1. The van der Waals surface area contributed by atoms with Gasteiger partial charge in [0, 0.05) is 23.6 Å². The molecule has 1 heterocycles. The number of carboxylic acid groups (broad SMARTS) is 1. The monoisotopic (exact) mass is 283 g/mol. The second kappa shape index (κ2) is 6.16. The summed E-state index contributed by atoms with van der Waals surface area (Å²) in [7, 11) is 0. The second-order valence-corrected chi connectivity index (χ2v) is 3.75. The quantitative estimate of drug-likeness (QED) is 0.657. The largest absolute Gasteiger partial charge is 0.512 e. The lowest BCUT2D eigenvalue weighted by Gasteiger charge is -2.07. The van der Waals surface area contributed by atoms with Crippen molar-refractivity contribution in [3.05, 3.63) is 47.9 Å². The summed E-state index contributed by atoms with van der Waals surface area (Å²) in [5, 5.41) is 11.1. The van der Waals surface area contributed by atoms with Crippen LogP contribution in [0.4, 0.5) is 10.5 Å². The minimum absolute atomic E-state index is 0.235. The molecule has 21 heavy (non-hydrogen) atoms. The molecule has 2 rings (SSSR count). The van der Waals surface area contributed by atoms with E-state index in [4.69, 9.17) is 11.5 Å². The fraction of sp³-hybridized carbons (Fsp3) is 0. The summed E-state index contributed by atoms with van der Waals surface area (Å²) in [5.74, 6) is 1.42. The average molecular weight is 283 g/mol. The zero-order chi connectivity index (χ0) is 15.2. The summed E-state index contributed by atoms with van der Waals surface area (Å²) in [5.41, 5.74) is 0.911. The molecule has 0 radical (unpaired) electrons. The topological polar surface area (TPSA) is 101 Å². The lowest BCUT2D eigenvalue weighted by molar-refractivity contribution is 0.101. The van der Waals surface area contributed by atoms with Gasteiger partial charge >= 0.3 is 6.16 Å². The minimum atomic E-state index is -1.58. The van der Waals surface area contributed by atoms with Gasteiger partial charge in [0.05, 0.1) is 0 Å². The van der Waals surface area contributed by atoms with Gasteiger partial charge in [-0.25, -0.2) is 14.8 Å². The van der Waals surface area contributed by atoms with Crippen molar-refractivity contribution in [2.75, 3.05) is 5.32 Å². The van der Waals surface area contributed by atoms with Gasteiger partial charge in [0.25, 0.3) is 11.8 Å². The number of ether oxygens (including phenoxy) is 1. The highest BCUT2D eigenvalue weighted by Crippen LogP contribution is 2.15. The van der Waals surface area contributed by atoms with Crippen LogP contribution in [0, 0.1) is 12.3 Å². The summed E-state index contributed by atoms with van der Waals surface area (Å²) in [6, 6.07) is 6.53. The Hall–Kier alpha value is -3.40. The third kappa shape index (κ3) is 3.54. The highest BCUT2D eigenvalue weighted by Gasteiger charge is 2.18. The lowest BCUT2D eigenvalue weighted by atomic mass is 10.2. The van der Waals surface area contributed by atoms with E-state index < -0.39 is 12.1 Å². The predicted octanol–water partition coefficient (Wildman–Crippen LogP) is 1.77. The van der Waals surface area contributed by atoms with Gasteiger partial charge in [-0.1, -0.05) is 5.92 Å². The first-order valence-electron chi connectivity index (χ1n) is 5.70. The third-order valence-corrected chi connectivity index (χ3v) is 2.37. The molecule has 2 aromatic rings. The van der Waals surface area contributed by atoms with E-state index in [0.717, 1.165) is 0 Å². The highest BCUT2D eigenvalue weighted by molar-refractivity contribution is 6.04. The van der Waals surface area contributed by atoms with Crippen molar-refractivity contribution >= 4 is 17.7 Å². The molecule has 0 aliphatic carbocycles. The Morgan fingerprint density at radius 2 is 1.86 bits per heavy atom. The van der Waals surface area contributed by atoms with Crippen molar-refractivity contribution in [2.24, 2.45) is 0 Å². The molecular formula is C14H9N3O4. The number of amides is 1. The number of aromatic nitrogens is 2. The first-order chi connectivity index (χ1) is 10.1. The molecule has 104 valence electrons. The maximum absolute atomic E-state index is 12.0. The Labute approximate surface area is 119 Å². The van der Waals surface area contributed by atoms with Crippen molar-refractivity contribution in [3.8, 4) is 18.2 Å². The van der Waals surface area contributed by atoms with Crippen LogP contribution < -0.4 is 10.1 Å². The van der Waals surface area contributed by atoms with Crippen molar-refractivity contribution < 1.29 is 19.4 Å². The van der Waals surface area contributed by atoms with E-state index in [9.17, 15) is 9.59 Å². The third-order valence-electron chi connectivity index (χ3n) is 2.37. The molecule has 1 amide bonds. The molecule has 1 aromatic carbocycles. The Balaban J connectivity index is 2.20. The Kier molecular flexibility index (Phi) is 4.11. The van der Waals surface area contributed by atoms with E-state index in [1.165, 1.54) is 12.4 Å². The number of hydrogen-bond donors (Lipinski definition) is 2. The van der Waals surface area contributed by atoms with Crippen molar-refractivity contribution in [2.45, 2.75) is 0 Å². The molecule has 0 spiro atoms. The molecular weight excluding hydrogens is 274 g/mol. The van der Waals surface area contributed by atoms with Crippen molar-refractivity contribution in [1.29, 1.82) is 0 Å². The standard InChI is InChI=1S/C14H9N3O4/c1-2-9-3-5-10(6-4-9)17-12(18)11-13(21-14(19)20)16-8-7-15-11/h1,3-8H,(H,17,18)(H,19,20). The molecule has 0 bridgehead atoms. The number of carbonyl (C=O) groups is 2. The molecule has 2 N–H and O–H groups in total. The van der Waals surface area contributed by atoms with Crippen LogP contribution in [0.1, 0.15) is 16.1 Å². The number of terminal acetylenes is 1. The van der Waals surface area contributed by atoms with Crippen LogP contribution in [0.5, 0.6) is 5.88 Å². The molecule has 0 saturated heterocycles. The number of benzene rings is 1. The van der Waals surface area contributed by atoms with E-state index in [1.54, 1.807) is 24.3 Å². The minimum Gasteiger partial charge on any atom is -0.449 e. The second-order valence-electron chi connectivity index (χ2n) is 3.75. The zero-order valence-electron chi connectivity index (χ0n) is 10.6. The van der Waals surface area contributed by atoms with Gasteiger partial charge < -0.3 is 15.2 Å². The van der Waals surface area contributed by atoms with Gasteiger partial charge in [-0.05, 0) is 24.3 Å². The van der Waals surface area contributed by atoms with Crippen LogP contribution in [0.2, 0.25) is 0 Å². The van der Waals surface area contributed by atoms with Crippen LogP contribution >= 0.6 is 0 Å². The zero-order valence-corrected chi connectivity index (χ0v) is 10.6. The van der Waals surface area contributed by atoms with Crippen molar-refractivity contribution in [3.63, 3.8) is 0 Å². The summed E-state index contributed by atoms with van der Waals surface area (Å²) in [4.78, 5) is 30.0. The molecule has 0 unspecified atom stereocenters. The lowest BCUT2D eigenvalue weighted by Crippen LogP contribution is -2.17. The number of nitrogens with zero attached hydrogens (tertiary/aromatic N) is 2. The van der Waals surface area contributed by atoms with E-state index in [-0.39, 0.29) is 11.6 Å². The van der Waals surface area contributed by atoms with Crippen LogP contribution in [0.15, 0.2) is 36.7 Å². The normalized spacial score (nSPS) is 9.48. The summed E-state index contributed by atoms with van der Waals surface area (Å²) in [6.07, 6.45) is 6.12. The van der Waals surface area contributed by atoms with E-state index in [0.29, 0.717) is 11.3 Å². The molecule has 0 aliphatic rings. The van der Waals surface area contributed by atoms with Crippen LogP contribution in [-0.2, 0) is 0 Å². The molecule has 0 aliphatic heterocycles. The van der Waals surface area contributed by atoms with Gasteiger partial charge in [0.1, 0.15) is 0 Å². The van der Waals surface area contributed by atoms with Crippen LogP contribution in [-0.4, -0.2) is 27.1 Å². The molecule has 7 nitrogen and oxygen atoms in total. The number of hydrogen-bond acceptors (Lipinski definition) is 5. The van der Waals surface area contributed by atoms with Gasteiger partial charge in [-0.2, -0.15) is 0 Å². The SMILES string of the molecule is C#Cc1ccc(NC(=O)c2nccnc2OC(=O)O)cc1. The molecule has 1 aromatic heterocycles. The number of anilines is 1. The van der Waals surface area contributed by atoms with E-state index in [2.05, 4.69) is 25.9 Å². The van der Waals surface area contributed by atoms with Gasteiger partial charge in [-0.3, -0.25) is 4.79 Å². The van der Waals surface area contributed by atoms with Gasteiger partial charge in [0.15, 0.2) is 5.69 Å².